The van der Waals surface area contributed by atoms with Gasteiger partial charge in [-0.3, -0.25) is 19.3 Å². The highest BCUT2D eigenvalue weighted by Gasteiger charge is 2.22. The smallest absolute Gasteiger partial charge is 0.224 e. The Morgan fingerprint density at radius 1 is 1.03 bits per heavy atom. The van der Waals surface area contributed by atoms with E-state index in [2.05, 4.69) is 15.1 Å². The van der Waals surface area contributed by atoms with Crippen LogP contribution in [0.25, 0.3) is 11.4 Å². The van der Waals surface area contributed by atoms with Crippen molar-refractivity contribution in [2.45, 2.75) is 19.9 Å². The van der Waals surface area contributed by atoms with Crippen molar-refractivity contribution < 1.29 is 14.0 Å². The number of halogens is 1. The first-order valence-electron chi connectivity index (χ1n) is 10.5. The first-order chi connectivity index (χ1) is 15.4. The van der Waals surface area contributed by atoms with Crippen molar-refractivity contribution in [3.05, 3.63) is 64.7 Å². The summed E-state index contributed by atoms with van der Waals surface area (Å²) in [5, 5.41) is 7.00. The lowest BCUT2D eigenvalue weighted by molar-refractivity contribution is -0.131. The Morgan fingerprint density at radius 2 is 1.69 bits per heavy atom. The summed E-state index contributed by atoms with van der Waals surface area (Å²) in [5.74, 6) is 0.372. The molecular weight excluding hydrogens is 429 g/mol. The molecule has 0 radical (unpaired) electrons. The average molecular weight is 454 g/mol. The number of rotatable bonds is 6. The molecule has 166 valence electrons. The van der Waals surface area contributed by atoms with Crippen molar-refractivity contribution in [2.75, 3.05) is 31.1 Å². The van der Waals surface area contributed by atoms with Crippen molar-refractivity contribution in [1.29, 1.82) is 0 Å². The number of Topliss-reactive ketones (excluding diaryl/α,β-unsaturated/α-hetero) is 1. The molecule has 2 heterocycles. The molecule has 0 saturated carbocycles. The highest BCUT2D eigenvalue weighted by atomic mass is 32.1. The van der Waals surface area contributed by atoms with Gasteiger partial charge in [0.2, 0.25) is 5.91 Å². The molecular formula is C23H24FN5O2S. The number of ketones is 1. The highest BCUT2D eigenvalue weighted by molar-refractivity contribution is 7.71. The molecule has 0 bridgehead atoms. The van der Waals surface area contributed by atoms with Crippen molar-refractivity contribution in [3.63, 3.8) is 0 Å². The molecule has 0 aliphatic carbocycles. The van der Waals surface area contributed by atoms with Gasteiger partial charge < -0.3 is 9.80 Å². The minimum absolute atomic E-state index is 0.0484. The third-order valence-electron chi connectivity index (χ3n) is 5.68. The molecule has 0 atom stereocenters. The number of hydrogen-bond donors (Lipinski definition) is 1. The van der Waals surface area contributed by atoms with Crippen LogP contribution < -0.4 is 4.90 Å². The predicted octanol–water partition coefficient (Wildman–Crippen LogP) is 3.69. The second kappa shape index (κ2) is 9.44. The summed E-state index contributed by atoms with van der Waals surface area (Å²) in [5.41, 5.74) is 2.48. The van der Waals surface area contributed by atoms with Gasteiger partial charge in [0.25, 0.3) is 0 Å². The summed E-state index contributed by atoms with van der Waals surface area (Å²) in [4.78, 5) is 28.3. The SMILES string of the molecule is CC(=O)c1ccc(N2CCN(C(=O)CCn3c(-c4ccc(F)cc4)n[nH]c3=S)CC2)cc1. The average Bonchev–Trinajstić information content (AvgIpc) is 3.18. The predicted molar refractivity (Wildman–Crippen MR) is 123 cm³/mol. The van der Waals surface area contributed by atoms with Crippen LogP contribution in [-0.2, 0) is 11.3 Å². The molecule has 0 spiro atoms. The fourth-order valence-electron chi connectivity index (χ4n) is 3.83. The van der Waals surface area contributed by atoms with E-state index >= 15 is 0 Å². The van der Waals surface area contributed by atoms with E-state index in [1.807, 2.05) is 29.2 Å². The Balaban J connectivity index is 1.34. The largest absolute Gasteiger partial charge is 0.368 e. The quantitative estimate of drug-likeness (QED) is 0.455. The number of carbonyl (C=O) groups is 2. The van der Waals surface area contributed by atoms with Gasteiger partial charge in [-0.15, -0.1) is 0 Å². The van der Waals surface area contributed by atoms with E-state index < -0.39 is 0 Å². The molecule has 1 aliphatic heterocycles. The molecule has 1 aromatic heterocycles. The lowest BCUT2D eigenvalue weighted by atomic mass is 10.1. The summed E-state index contributed by atoms with van der Waals surface area (Å²) in [6, 6.07) is 13.6. The standard InChI is InChI=1S/C23H24FN5O2S/c1-16(30)17-4-8-20(9-5-17)27-12-14-28(15-13-27)21(31)10-11-29-22(25-26-23(29)32)18-2-6-19(24)7-3-18/h2-9H,10-15H2,1H3,(H,26,32). The molecule has 2 aromatic carbocycles. The maximum absolute atomic E-state index is 13.2. The number of amides is 1. The second-order valence-corrected chi connectivity index (χ2v) is 8.12. The number of nitrogens with zero attached hydrogens (tertiary/aromatic N) is 4. The monoisotopic (exact) mass is 453 g/mol. The third kappa shape index (κ3) is 4.77. The second-order valence-electron chi connectivity index (χ2n) is 7.73. The van der Waals surface area contributed by atoms with Gasteiger partial charge in [0.15, 0.2) is 16.4 Å². The number of H-pyrrole nitrogens is 1. The minimum atomic E-state index is -0.321. The van der Waals surface area contributed by atoms with Crippen molar-refractivity contribution in [1.82, 2.24) is 19.7 Å². The van der Waals surface area contributed by atoms with Gasteiger partial charge in [0.1, 0.15) is 5.82 Å². The minimum Gasteiger partial charge on any atom is -0.368 e. The summed E-state index contributed by atoms with van der Waals surface area (Å²) >= 11 is 5.32. The molecule has 1 fully saturated rings. The van der Waals surface area contributed by atoms with Crippen LogP contribution in [0.4, 0.5) is 10.1 Å². The maximum Gasteiger partial charge on any atom is 0.224 e. The van der Waals surface area contributed by atoms with E-state index in [4.69, 9.17) is 12.2 Å². The Hall–Kier alpha value is -3.33. The van der Waals surface area contributed by atoms with Gasteiger partial charge in [-0.25, -0.2) is 4.39 Å². The summed E-state index contributed by atoms with van der Waals surface area (Å²) in [6.45, 7) is 4.68. The van der Waals surface area contributed by atoms with E-state index in [1.165, 1.54) is 12.1 Å². The number of aromatic nitrogens is 3. The molecule has 0 unspecified atom stereocenters. The fourth-order valence-corrected chi connectivity index (χ4v) is 4.05. The Morgan fingerprint density at radius 3 is 2.31 bits per heavy atom. The maximum atomic E-state index is 13.2. The van der Waals surface area contributed by atoms with E-state index in [0.29, 0.717) is 42.2 Å². The number of nitrogens with one attached hydrogen (secondary N) is 1. The van der Waals surface area contributed by atoms with Gasteiger partial charge in [-0.05, 0) is 67.7 Å². The van der Waals surface area contributed by atoms with E-state index in [1.54, 1.807) is 23.6 Å². The summed E-state index contributed by atoms with van der Waals surface area (Å²) in [6.07, 6.45) is 0.301. The summed E-state index contributed by atoms with van der Waals surface area (Å²) in [7, 11) is 0. The van der Waals surface area contributed by atoms with Crippen LogP contribution in [0.1, 0.15) is 23.7 Å². The van der Waals surface area contributed by atoms with Crippen LogP contribution in [0.5, 0.6) is 0 Å². The number of carbonyl (C=O) groups excluding carboxylic acids is 2. The Labute approximate surface area is 190 Å². The molecule has 1 amide bonds. The number of benzene rings is 2. The Bertz CT molecular complexity index is 1160. The third-order valence-corrected chi connectivity index (χ3v) is 5.99. The van der Waals surface area contributed by atoms with Crippen LogP contribution in [-0.4, -0.2) is 57.5 Å². The molecule has 4 rings (SSSR count). The molecule has 1 N–H and O–H groups in total. The highest BCUT2D eigenvalue weighted by Crippen LogP contribution is 2.20. The number of aromatic amines is 1. The topological polar surface area (TPSA) is 74.2 Å². The molecule has 32 heavy (non-hydrogen) atoms. The van der Waals surface area contributed by atoms with Crippen molar-refractivity contribution >= 4 is 29.6 Å². The lowest BCUT2D eigenvalue weighted by Crippen LogP contribution is -2.49. The number of anilines is 1. The zero-order valence-corrected chi connectivity index (χ0v) is 18.6. The molecule has 9 heteroatoms. The normalized spacial score (nSPS) is 13.9. The Kier molecular flexibility index (Phi) is 6.45. The number of hydrogen-bond acceptors (Lipinski definition) is 5. The lowest BCUT2D eigenvalue weighted by Gasteiger charge is -2.36. The van der Waals surface area contributed by atoms with Gasteiger partial charge in [0.05, 0.1) is 0 Å². The van der Waals surface area contributed by atoms with Crippen LogP contribution in [0.2, 0.25) is 0 Å². The molecule has 7 nitrogen and oxygen atoms in total. The van der Waals surface area contributed by atoms with Crippen LogP contribution in [0, 0.1) is 10.6 Å². The van der Waals surface area contributed by atoms with Crippen LogP contribution in [0.3, 0.4) is 0 Å². The first kappa shape index (κ1) is 21.9. The van der Waals surface area contributed by atoms with Gasteiger partial charge in [-0.1, -0.05) is 0 Å². The van der Waals surface area contributed by atoms with Crippen LogP contribution >= 0.6 is 12.2 Å². The van der Waals surface area contributed by atoms with E-state index in [-0.39, 0.29) is 17.5 Å². The van der Waals surface area contributed by atoms with E-state index in [0.717, 1.165) is 24.3 Å². The molecule has 1 saturated heterocycles. The van der Waals surface area contributed by atoms with Gasteiger partial charge in [0, 0.05) is 56.0 Å². The molecule has 3 aromatic rings. The van der Waals surface area contributed by atoms with Crippen molar-refractivity contribution in [2.24, 2.45) is 0 Å². The van der Waals surface area contributed by atoms with Crippen molar-refractivity contribution in [3.8, 4) is 11.4 Å². The number of piperazine rings is 1. The first-order valence-corrected chi connectivity index (χ1v) is 10.9. The van der Waals surface area contributed by atoms with Gasteiger partial charge in [-0.2, -0.15) is 5.10 Å². The zero-order valence-electron chi connectivity index (χ0n) is 17.8. The zero-order chi connectivity index (χ0) is 22.7. The molecule has 1 aliphatic rings. The van der Waals surface area contributed by atoms with Gasteiger partial charge >= 0.3 is 0 Å². The summed E-state index contributed by atoms with van der Waals surface area (Å²) < 4.78 is 15.4. The van der Waals surface area contributed by atoms with Crippen LogP contribution in [0.15, 0.2) is 48.5 Å². The van der Waals surface area contributed by atoms with E-state index in [9.17, 15) is 14.0 Å². The fraction of sp³-hybridized carbons (Fsp3) is 0.304.